The molecule has 1 aliphatic carbocycles. The zero-order valence-corrected chi connectivity index (χ0v) is 16.3. The summed E-state index contributed by atoms with van der Waals surface area (Å²) in [6.07, 6.45) is -3.26. The van der Waals surface area contributed by atoms with Crippen molar-refractivity contribution >= 4 is 19.8 Å². The molecule has 1 aliphatic rings. The Morgan fingerprint density at radius 3 is 1.97 bits per heavy atom. The van der Waals surface area contributed by atoms with E-state index in [1.165, 1.54) is 0 Å². The van der Waals surface area contributed by atoms with Crippen LogP contribution in [-0.2, 0) is 14.1 Å². The van der Waals surface area contributed by atoms with Crippen LogP contribution in [0.5, 0.6) is 0 Å². The van der Waals surface area contributed by atoms with Gasteiger partial charge in [-0.2, -0.15) is 4.67 Å². The van der Waals surface area contributed by atoms with Crippen molar-refractivity contribution in [3.8, 4) is 11.1 Å². The molecule has 0 unspecified atom stereocenters. The van der Waals surface area contributed by atoms with Crippen molar-refractivity contribution in [1.29, 1.82) is 0 Å². The summed E-state index contributed by atoms with van der Waals surface area (Å²) in [5.41, 5.74) is 3.69. The van der Waals surface area contributed by atoms with Crippen LogP contribution in [0.25, 0.3) is 11.1 Å². The highest BCUT2D eigenvalue weighted by Gasteiger charge is 2.45. The number of hydrogen-bond acceptors (Lipinski definition) is 5. The minimum Gasteiger partial charge on any atom is -0.480 e. The number of hydrogen-bond donors (Lipinski definition) is 4. The van der Waals surface area contributed by atoms with Crippen molar-refractivity contribution in [1.82, 2.24) is 4.67 Å². The van der Waals surface area contributed by atoms with E-state index in [0.717, 1.165) is 29.2 Å². The third kappa shape index (κ3) is 4.04. The number of carboxylic acids is 1. The Morgan fingerprint density at radius 1 is 1.07 bits per heavy atom. The van der Waals surface area contributed by atoms with Gasteiger partial charge in [-0.05, 0) is 29.2 Å². The molecule has 10 heteroatoms. The summed E-state index contributed by atoms with van der Waals surface area (Å²) in [5, 5.41) is 18.8. The lowest BCUT2D eigenvalue weighted by atomic mass is 9.98. The molecule has 29 heavy (non-hydrogen) atoms. The Kier molecular flexibility index (Phi) is 5.77. The molecule has 4 N–H and O–H groups in total. The van der Waals surface area contributed by atoms with Crippen LogP contribution in [0.1, 0.15) is 24.0 Å². The van der Waals surface area contributed by atoms with Gasteiger partial charge in [0.2, 0.25) is 0 Å². The fourth-order valence-corrected chi connectivity index (χ4v) is 4.44. The standard InChI is InChI=1S/C19H20NO8P/c1-11(21)17(18(22)23)20(29(25,26)27)19(24)28-10-16-14-8-4-2-6-12(14)13-7-3-5-9-15(13)16/h2-9,11,16-17,21H,10H2,1H3,(H,22,23)(H2,25,26,27)/t11-,17+/m1/s1. The number of fused-ring (bicyclic) bond motifs is 3. The van der Waals surface area contributed by atoms with Gasteiger partial charge in [-0.15, -0.1) is 0 Å². The molecule has 0 saturated heterocycles. The number of aliphatic carboxylic acids is 1. The molecular formula is C19H20NO8P. The lowest BCUT2D eigenvalue weighted by molar-refractivity contribution is -0.145. The number of amides is 1. The molecule has 2 atom stereocenters. The minimum absolute atomic E-state index is 0.229. The van der Waals surface area contributed by atoms with Gasteiger partial charge >= 0.3 is 19.8 Å². The van der Waals surface area contributed by atoms with Gasteiger partial charge in [-0.25, -0.2) is 14.2 Å². The first kappa shape index (κ1) is 21.0. The first-order valence-electron chi connectivity index (χ1n) is 8.74. The number of benzene rings is 2. The molecule has 2 aromatic rings. The third-order valence-electron chi connectivity index (χ3n) is 4.78. The highest BCUT2D eigenvalue weighted by atomic mass is 31.2. The molecule has 0 radical (unpaired) electrons. The monoisotopic (exact) mass is 421 g/mol. The van der Waals surface area contributed by atoms with Gasteiger partial charge < -0.3 is 24.7 Å². The number of aliphatic hydroxyl groups excluding tert-OH is 1. The molecule has 0 bridgehead atoms. The zero-order chi connectivity index (χ0) is 21.3. The van der Waals surface area contributed by atoms with E-state index >= 15 is 0 Å². The summed E-state index contributed by atoms with van der Waals surface area (Å²) >= 11 is 0. The Morgan fingerprint density at radius 2 is 1.55 bits per heavy atom. The molecule has 0 fully saturated rings. The fraction of sp³-hybridized carbons (Fsp3) is 0.263. The molecule has 0 aromatic heterocycles. The molecule has 1 amide bonds. The zero-order valence-electron chi connectivity index (χ0n) is 15.4. The van der Waals surface area contributed by atoms with Crippen molar-refractivity contribution in [2.45, 2.75) is 25.0 Å². The Labute approximate surface area is 166 Å². The molecule has 9 nitrogen and oxygen atoms in total. The minimum atomic E-state index is -5.37. The first-order chi connectivity index (χ1) is 13.6. The number of nitrogens with zero attached hydrogens (tertiary/aromatic N) is 1. The van der Waals surface area contributed by atoms with Crippen molar-refractivity contribution in [2.24, 2.45) is 0 Å². The SMILES string of the molecule is C[C@@H](O)[C@@H](C(=O)O)N(C(=O)OCC1c2ccccc2-c2ccccc21)P(=O)(O)O. The van der Waals surface area contributed by atoms with Crippen LogP contribution in [-0.4, -0.2) is 55.5 Å². The Hall–Kier alpha value is -2.71. The topological polar surface area (TPSA) is 145 Å². The van der Waals surface area contributed by atoms with E-state index in [4.69, 9.17) is 4.74 Å². The second kappa shape index (κ2) is 7.96. The van der Waals surface area contributed by atoms with Gasteiger partial charge in [-0.1, -0.05) is 48.5 Å². The van der Waals surface area contributed by atoms with Gasteiger partial charge in [0.15, 0.2) is 6.04 Å². The highest BCUT2D eigenvalue weighted by molar-refractivity contribution is 7.50. The highest BCUT2D eigenvalue weighted by Crippen LogP contribution is 2.46. The normalized spacial score (nSPS) is 15.2. The average molecular weight is 421 g/mol. The predicted octanol–water partition coefficient (Wildman–Crippen LogP) is 2.16. The van der Waals surface area contributed by atoms with Crippen molar-refractivity contribution in [2.75, 3.05) is 6.61 Å². The average Bonchev–Trinajstić information content (AvgIpc) is 2.96. The maximum atomic E-state index is 12.5. The van der Waals surface area contributed by atoms with E-state index in [-0.39, 0.29) is 17.2 Å². The molecular weight excluding hydrogens is 401 g/mol. The van der Waals surface area contributed by atoms with E-state index in [1.807, 2.05) is 48.5 Å². The van der Waals surface area contributed by atoms with Crippen LogP contribution in [0.4, 0.5) is 4.79 Å². The van der Waals surface area contributed by atoms with E-state index < -0.39 is 32.0 Å². The molecule has 0 heterocycles. The van der Waals surface area contributed by atoms with E-state index in [1.54, 1.807) is 0 Å². The van der Waals surface area contributed by atoms with E-state index in [2.05, 4.69) is 0 Å². The molecule has 0 spiro atoms. The number of carbonyl (C=O) groups is 2. The van der Waals surface area contributed by atoms with Crippen molar-refractivity contribution in [3.63, 3.8) is 0 Å². The molecule has 154 valence electrons. The van der Waals surface area contributed by atoms with Crippen LogP contribution in [0.3, 0.4) is 0 Å². The Bertz CT molecular complexity index is 940. The quantitative estimate of drug-likeness (QED) is 0.520. The maximum absolute atomic E-state index is 12.5. The smallest absolute Gasteiger partial charge is 0.435 e. The van der Waals surface area contributed by atoms with Gasteiger partial charge in [0.25, 0.3) is 0 Å². The lowest BCUT2D eigenvalue weighted by Gasteiger charge is -2.30. The molecule has 0 aliphatic heterocycles. The van der Waals surface area contributed by atoms with Crippen molar-refractivity contribution in [3.05, 3.63) is 59.7 Å². The number of aliphatic hydroxyl groups is 1. The summed E-state index contributed by atoms with van der Waals surface area (Å²) in [5.74, 6) is -2.14. The number of carboxylic acid groups (broad SMARTS) is 1. The first-order valence-corrected chi connectivity index (χ1v) is 10.3. The van der Waals surface area contributed by atoms with E-state index in [9.17, 15) is 34.2 Å². The summed E-state index contributed by atoms with van der Waals surface area (Å²) < 4.78 is 16.7. The molecule has 3 rings (SSSR count). The summed E-state index contributed by atoms with van der Waals surface area (Å²) in [4.78, 5) is 42.8. The largest absolute Gasteiger partial charge is 0.480 e. The fourth-order valence-electron chi connectivity index (χ4n) is 3.56. The Balaban J connectivity index is 1.87. The van der Waals surface area contributed by atoms with Crippen LogP contribution < -0.4 is 0 Å². The van der Waals surface area contributed by atoms with E-state index in [0.29, 0.717) is 0 Å². The van der Waals surface area contributed by atoms with Crippen LogP contribution in [0, 0.1) is 0 Å². The van der Waals surface area contributed by atoms with Gasteiger partial charge in [-0.3, -0.25) is 0 Å². The van der Waals surface area contributed by atoms with Crippen molar-refractivity contribution < 1.29 is 38.9 Å². The second-order valence-electron chi connectivity index (χ2n) is 6.69. The number of carbonyl (C=O) groups excluding carboxylic acids is 1. The summed E-state index contributed by atoms with van der Waals surface area (Å²) in [7, 11) is -5.37. The molecule has 2 aromatic carbocycles. The lowest BCUT2D eigenvalue weighted by Crippen LogP contribution is -2.49. The number of ether oxygens (including phenoxy) is 1. The molecule has 0 saturated carbocycles. The van der Waals surface area contributed by atoms with Gasteiger partial charge in [0.1, 0.15) is 6.61 Å². The van der Waals surface area contributed by atoms with Crippen LogP contribution in [0.2, 0.25) is 0 Å². The van der Waals surface area contributed by atoms with Crippen LogP contribution >= 0.6 is 7.75 Å². The van der Waals surface area contributed by atoms with Gasteiger partial charge in [0.05, 0.1) is 6.10 Å². The predicted molar refractivity (Wildman–Crippen MR) is 102 cm³/mol. The summed E-state index contributed by atoms with van der Waals surface area (Å²) in [6, 6.07) is 12.8. The third-order valence-corrected chi connectivity index (χ3v) is 5.75. The number of rotatable bonds is 6. The van der Waals surface area contributed by atoms with Gasteiger partial charge in [0, 0.05) is 5.92 Å². The van der Waals surface area contributed by atoms with Crippen LogP contribution in [0.15, 0.2) is 48.5 Å². The summed E-state index contributed by atoms with van der Waals surface area (Å²) in [6.45, 7) is 0.758. The second-order valence-corrected chi connectivity index (χ2v) is 8.14. The maximum Gasteiger partial charge on any atom is 0.435 e.